The van der Waals surface area contributed by atoms with E-state index in [-0.39, 0.29) is 17.2 Å². The molecule has 0 saturated carbocycles. The summed E-state index contributed by atoms with van der Waals surface area (Å²) in [5, 5.41) is 1.97. The van der Waals surface area contributed by atoms with Crippen molar-refractivity contribution in [2.75, 3.05) is 26.7 Å². The van der Waals surface area contributed by atoms with Crippen LogP contribution in [0.15, 0.2) is 35.7 Å². The first-order valence-electron chi connectivity index (χ1n) is 9.20. The molecule has 2 fully saturated rings. The quantitative estimate of drug-likeness (QED) is 0.809. The molecule has 4 rings (SSSR count). The topological polar surface area (TPSA) is 40.6 Å². The van der Waals surface area contributed by atoms with Gasteiger partial charge >= 0.3 is 0 Å². The lowest BCUT2D eigenvalue weighted by molar-refractivity contribution is -0.143. The highest BCUT2D eigenvalue weighted by Crippen LogP contribution is 2.41. The van der Waals surface area contributed by atoms with Crippen molar-refractivity contribution in [2.24, 2.45) is 5.41 Å². The number of rotatable bonds is 2. The summed E-state index contributed by atoms with van der Waals surface area (Å²) in [4.78, 5) is 30.9. The van der Waals surface area contributed by atoms with Gasteiger partial charge in [0.05, 0.1) is 11.0 Å². The highest BCUT2D eigenvalue weighted by Gasteiger charge is 2.48. The molecule has 4 nitrogen and oxygen atoms in total. The van der Waals surface area contributed by atoms with Gasteiger partial charge in [-0.2, -0.15) is 0 Å². The minimum absolute atomic E-state index is 0.0612. The highest BCUT2D eigenvalue weighted by atomic mass is 32.1. The molecule has 0 bridgehead atoms. The van der Waals surface area contributed by atoms with Crippen molar-refractivity contribution in [1.29, 1.82) is 0 Å². The van der Waals surface area contributed by atoms with Crippen molar-refractivity contribution in [3.63, 3.8) is 0 Å². The summed E-state index contributed by atoms with van der Waals surface area (Å²) in [6.45, 7) is 4.12. The van der Waals surface area contributed by atoms with Crippen LogP contribution in [0.3, 0.4) is 0 Å². The van der Waals surface area contributed by atoms with Crippen LogP contribution >= 0.6 is 11.3 Å². The SMILES string of the molecule is Cc1scc(C(=O)N2CC[C@@]3(CCCN(C)C3=O)C2)c1-c1ccccc1. The molecule has 5 heteroatoms. The van der Waals surface area contributed by atoms with E-state index in [1.54, 1.807) is 11.3 Å². The maximum atomic E-state index is 13.3. The Morgan fingerprint density at radius 3 is 2.69 bits per heavy atom. The molecule has 0 radical (unpaired) electrons. The Morgan fingerprint density at radius 1 is 1.15 bits per heavy atom. The predicted molar refractivity (Wildman–Crippen MR) is 104 cm³/mol. The number of nitrogens with zero attached hydrogens (tertiary/aromatic N) is 2. The van der Waals surface area contributed by atoms with E-state index in [2.05, 4.69) is 19.1 Å². The zero-order valence-corrected chi connectivity index (χ0v) is 16.1. The largest absolute Gasteiger partial charge is 0.345 e. The van der Waals surface area contributed by atoms with Gasteiger partial charge in [-0.25, -0.2) is 0 Å². The lowest BCUT2D eigenvalue weighted by Gasteiger charge is -2.37. The normalized spacial score (nSPS) is 23.1. The number of likely N-dealkylation sites (tertiary alicyclic amines) is 2. The molecule has 2 aliphatic heterocycles. The molecule has 1 aromatic carbocycles. The minimum atomic E-state index is -0.360. The van der Waals surface area contributed by atoms with Crippen molar-refractivity contribution in [3.8, 4) is 11.1 Å². The number of thiophene rings is 1. The molecule has 2 saturated heterocycles. The van der Waals surface area contributed by atoms with Crippen LogP contribution in [0, 0.1) is 12.3 Å². The number of carbonyl (C=O) groups excluding carboxylic acids is 2. The lowest BCUT2D eigenvalue weighted by atomic mass is 9.78. The first-order valence-corrected chi connectivity index (χ1v) is 10.1. The smallest absolute Gasteiger partial charge is 0.255 e. The summed E-state index contributed by atoms with van der Waals surface area (Å²) in [5.74, 6) is 0.273. The van der Waals surface area contributed by atoms with Gasteiger partial charge in [0.15, 0.2) is 0 Å². The van der Waals surface area contributed by atoms with Crippen LogP contribution < -0.4 is 0 Å². The second kappa shape index (κ2) is 6.54. The van der Waals surface area contributed by atoms with Crippen LogP contribution in [0.2, 0.25) is 0 Å². The Balaban J connectivity index is 1.61. The molecular formula is C21H24N2O2S. The molecule has 2 aliphatic rings. The predicted octanol–water partition coefficient (Wildman–Crippen LogP) is 3.81. The number of amides is 2. The molecule has 1 atom stereocenters. The highest BCUT2D eigenvalue weighted by molar-refractivity contribution is 7.10. The molecule has 0 aliphatic carbocycles. The number of carbonyl (C=O) groups is 2. The summed E-state index contributed by atoms with van der Waals surface area (Å²) >= 11 is 1.62. The number of aryl methyl sites for hydroxylation is 1. The Labute approximate surface area is 158 Å². The van der Waals surface area contributed by atoms with Crippen LogP contribution in [0.1, 0.15) is 34.5 Å². The van der Waals surface area contributed by atoms with E-state index in [1.807, 2.05) is 40.4 Å². The molecule has 136 valence electrons. The van der Waals surface area contributed by atoms with E-state index < -0.39 is 0 Å². The van der Waals surface area contributed by atoms with Crippen LogP contribution in [0.5, 0.6) is 0 Å². The maximum Gasteiger partial charge on any atom is 0.255 e. The molecule has 3 heterocycles. The minimum Gasteiger partial charge on any atom is -0.345 e. The molecule has 26 heavy (non-hydrogen) atoms. The average Bonchev–Trinajstić information content (AvgIpc) is 3.25. The van der Waals surface area contributed by atoms with Crippen molar-refractivity contribution in [3.05, 3.63) is 46.2 Å². The number of hydrogen-bond donors (Lipinski definition) is 0. The van der Waals surface area contributed by atoms with Gasteiger partial charge in [0.25, 0.3) is 5.91 Å². The maximum absolute atomic E-state index is 13.3. The van der Waals surface area contributed by atoms with Gasteiger partial charge in [-0.1, -0.05) is 30.3 Å². The fourth-order valence-electron chi connectivity index (χ4n) is 4.44. The van der Waals surface area contributed by atoms with Gasteiger partial charge in [-0.3, -0.25) is 9.59 Å². The van der Waals surface area contributed by atoms with Crippen LogP contribution in [-0.4, -0.2) is 48.3 Å². The van der Waals surface area contributed by atoms with Crippen molar-refractivity contribution in [2.45, 2.75) is 26.2 Å². The van der Waals surface area contributed by atoms with Gasteiger partial charge in [-0.15, -0.1) is 11.3 Å². The van der Waals surface area contributed by atoms with Crippen LogP contribution in [0.25, 0.3) is 11.1 Å². The molecule has 0 N–H and O–H groups in total. The van der Waals surface area contributed by atoms with Crippen LogP contribution in [0.4, 0.5) is 0 Å². The summed E-state index contributed by atoms with van der Waals surface area (Å²) in [5.41, 5.74) is 2.53. The number of piperidine rings is 1. The number of benzene rings is 1. The Hall–Kier alpha value is -2.14. The summed E-state index contributed by atoms with van der Waals surface area (Å²) < 4.78 is 0. The summed E-state index contributed by atoms with van der Waals surface area (Å²) in [6.07, 6.45) is 2.71. The van der Waals surface area contributed by atoms with Crippen molar-refractivity contribution < 1.29 is 9.59 Å². The first-order chi connectivity index (χ1) is 12.5. The molecule has 1 aromatic heterocycles. The van der Waals surface area contributed by atoms with E-state index in [9.17, 15) is 9.59 Å². The first kappa shape index (κ1) is 17.3. The van der Waals surface area contributed by atoms with E-state index in [0.29, 0.717) is 13.1 Å². The zero-order valence-electron chi connectivity index (χ0n) is 15.3. The zero-order chi connectivity index (χ0) is 18.3. The van der Waals surface area contributed by atoms with E-state index >= 15 is 0 Å². The Kier molecular flexibility index (Phi) is 4.35. The van der Waals surface area contributed by atoms with Crippen LogP contribution in [-0.2, 0) is 4.79 Å². The Bertz CT molecular complexity index is 845. The second-order valence-electron chi connectivity index (χ2n) is 7.53. The molecule has 2 aromatic rings. The number of hydrogen-bond acceptors (Lipinski definition) is 3. The summed E-state index contributed by atoms with van der Waals surface area (Å²) in [6, 6.07) is 10.1. The lowest BCUT2D eigenvalue weighted by Crippen LogP contribution is -2.48. The third-order valence-corrected chi connectivity index (χ3v) is 6.77. The fraction of sp³-hybridized carbons (Fsp3) is 0.429. The van der Waals surface area contributed by atoms with E-state index in [1.165, 1.54) is 0 Å². The monoisotopic (exact) mass is 368 g/mol. The van der Waals surface area contributed by atoms with Gasteiger partial charge in [-0.05, 0) is 31.7 Å². The third kappa shape index (κ3) is 2.75. The standard InChI is InChI=1S/C21H24N2O2S/c1-15-18(16-7-4-3-5-8-16)17(13-26-15)19(24)23-12-10-21(14-23)9-6-11-22(2)20(21)25/h3-5,7-8,13H,6,9-12,14H2,1-2H3/t21-/m0/s1. The van der Waals surface area contributed by atoms with E-state index in [4.69, 9.17) is 0 Å². The third-order valence-electron chi connectivity index (χ3n) is 5.86. The van der Waals surface area contributed by atoms with Gasteiger partial charge in [0.2, 0.25) is 5.91 Å². The van der Waals surface area contributed by atoms with Gasteiger partial charge in [0, 0.05) is 42.5 Å². The Morgan fingerprint density at radius 2 is 1.92 bits per heavy atom. The fourth-order valence-corrected chi connectivity index (χ4v) is 5.30. The molecule has 0 unspecified atom stereocenters. The average molecular weight is 369 g/mol. The van der Waals surface area contributed by atoms with Crippen molar-refractivity contribution >= 4 is 23.2 Å². The van der Waals surface area contributed by atoms with Crippen molar-refractivity contribution in [1.82, 2.24) is 9.80 Å². The van der Waals surface area contributed by atoms with E-state index in [0.717, 1.165) is 47.4 Å². The molecular weight excluding hydrogens is 344 g/mol. The molecule has 1 spiro atoms. The summed E-state index contributed by atoms with van der Waals surface area (Å²) in [7, 11) is 1.88. The molecule has 2 amide bonds. The van der Waals surface area contributed by atoms with Gasteiger partial charge in [0.1, 0.15) is 0 Å². The second-order valence-corrected chi connectivity index (χ2v) is 8.62. The van der Waals surface area contributed by atoms with Gasteiger partial charge < -0.3 is 9.80 Å².